The van der Waals surface area contributed by atoms with Crippen molar-refractivity contribution in [3.63, 3.8) is 0 Å². The standard InChI is InChI=1S/C19H22N4O3/c1-11(2)16(12-4-5-14-15(10-12)26-9-8-25-14)21-18-13-6-7-20-17(13)22-19(23-18)24-3/h4-7,10-11,16H,8-9H2,1-3H3,(H2,20,21,22,23)/t16-/m1/s1. The van der Waals surface area contributed by atoms with E-state index in [2.05, 4.69) is 40.2 Å². The van der Waals surface area contributed by atoms with Crippen LogP contribution in [0.3, 0.4) is 0 Å². The lowest BCUT2D eigenvalue weighted by atomic mass is 9.95. The molecule has 1 atom stereocenters. The molecule has 0 radical (unpaired) electrons. The number of methoxy groups -OCH3 is 1. The highest BCUT2D eigenvalue weighted by Gasteiger charge is 2.21. The van der Waals surface area contributed by atoms with Crippen molar-refractivity contribution in [1.82, 2.24) is 15.0 Å². The van der Waals surface area contributed by atoms with Crippen LogP contribution in [0.15, 0.2) is 30.5 Å². The number of anilines is 1. The summed E-state index contributed by atoms with van der Waals surface area (Å²) < 4.78 is 16.6. The maximum Gasteiger partial charge on any atom is 0.320 e. The first-order valence-corrected chi connectivity index (χ1v) is 8.71. The Morgan fingerprint density at radius 3 is 2.69 bits per heavy atom. The highest BCUT2D eigenvalue weighted by atomic mass is 16.6. The van der Waals surface area contributed by atoms with Crippen LogP contribution in [0.2, 0.25) is 0 Å². The number of benzene rings is 1. The monoisotopic (exact) mass is 354 g/mol. The van der Waals surface area contributed by atoms with Crippen molar-refractivity contribution in [2.45, 2.75) is 19.9 Å². The summed E-state index contributed by atoms with van der Waals surface area (Å²) in [6, 6.07) is 8.40. The Bertz CT molecular complexity index is 922. The molecule has 0 spiro atoms. The molecule has 0 fully saturated rings. The van der Waals surface area contributed by atoms with Crippen LogP contribution < -0.4 is 19.5 Å². The summed E-state index contributed by atoms with van der Waals surface area (Å²) in [4.78, 5) is 11.9. The summed E-state index contributed by atoms with van der Waals surface area (Å²) in [7, 11) is 1.56. The lowest BCUT2D eigenvalue weighted by Crippen LogP contribution is -2.20. The largest absolute Gasteiger partial charge is 0.486 e. The van der Waals surface area contributed by atoms with Gasteiger partial charge >= 0.3 is 6.01 Å². The molecular weight excluding hydrogens is 332 g/mol. The van der Waals surface area contributed by atoms with Gasteiger partial charge in [0.25, 0.3) is 0 Å². The van der Waals surface area contributed by atoms with Crippen LogP contribution in [0.4, 0.5) is 5.82 Å². The van der Waals surface area contributed by atoms with Gasteiger partial charge in [-0.05, 0) is 29.7 Å². The molecule has 0 amide bonds. The minimum atomic E-state index is 0.0449. The molecule has 7 nitrogen and oxygen atoms in total. The van der Waals surface area contributed by atoms with Crippen molar-refractivity contribution in [3.05, 3.63) is 36.0 Å². The van der Waals surface area contributed by atoms with Gasteiger partial charge in [0, 0.05) is 6.20 Å². The van der Waals surface area contributed by atoms with Crippen molar-refractivity contribution < 1.29 is 14.2 Å². The smallest absolute Gasteiger partial charge is 0.320 e. The minimum absolute atomic E-state index is 0.0449. The van der Waals surface area contributed by atoms with Gasteiger partial charge in [-0.15, -0.1) is 0 Å². The maximum atomic E-state index is 5.74. The van der Waals surface area contributed by atoms with Crippen LogP contribution in [0.5, 0.6) is 17.5 Å². The van der Waals surface area contributed by atoms with Crippen LogP contribution in [0.25, 0.3) is 11.0 Å². The first kappa shape index (κ1) is 16.5. The molecule has 26 heavy (non-hydrogen) atoms. The molecule has 2 aromatic heterocycles. The van der Waals surface area contributed by atoms with E-state index in [1.54, 1.807) is 7.11 Å². The van der Waals surface area contributed by atoms with E-state index in [4.69, 9.17) is 14.2 Å². The average molecular weight is 354 g/mol. The fraction of sp³-hybridized carbons (Fsp3) is 0.368. The molecule has 1 aliphatic heterocycles. The number of hydrogen-bond donors (Lipinski definition) is 2. The van der Waals surface area contributed by atoms with E-state index in [9.17, 15) is 0 Å². The van der Waals surface area contributed by atoms with Crippen molar-refractivity contribution >= 4 is 16.9 Å². The van der Waals surface area contributed by atoms with Gasteiger partial charge in [-0.1, -0.05) is 19.9 Å². The molecule has 0 saturated heterocycles. The Morgan fingerprint density at radius 1 is 1.12 bits per heavy atom. The van der Waals surface area contributed by atoms with E-state index in [-0.39, 0.29) is 6.04 Å². The number of H-pyrrole nitrogens is 1. The first-order chi connectivity index (χ1) is 12.7. The normalized spacial score (nSPS) is 14.5. The van der Waals surface area contributed by atoms with Crippen molar-refractivity contribution in [2.24, 2.45) is 5.92 Å². The van der Waals surface area contributed by atoms with E-state index < -0.39 is 0 Å². The van der Waals surface area contributed by atoms with Gasteiger partial charge in [0.1, 0.15) is 24.7 Å². The minimum Gasteiger partial charge on any atom is -0.486 e. The van der Waals surface area contributed by atoms with Crippen LogP contribution in [0, 0.1) is 5.92 Å². The highest BCUT2D eigenvalue weighted by molar-refractivity contribution is 5.87. The van der Waals surface area contributed by atoms with E-state index >= 15 is 0 Å². The molecule has 1 aliphatic rings. The van der Waals surface area contributed by atoms with Crippen LogP contribution in [-0.2, 0) is 0 Å². The summed E-state index contributed by atoms with van der Waals surface area (Å²) in [6.07, 6.45) is 1.85. The Labute approximate surface area is 151 Å². The third-order valence-corrected chi connectivity index (χ3v) is 4.46. The molecule has 4 rings (SSSR count). The van der Waals surface area contributed by atoms with Gasteiger partial charge in [0.2, 0.25) is 0 Å². The molecule has 0 aliphatic carbocycles. The molecule has 0 bridgehead atoms. The van der Waals surface area contributed by atoms with E-state index in [1.165, 1.54) is 0 Å². The lowest BCUT2D eigenvalue weighted by molar-refractivity contribution is 0.171. The number of hydrogen-bond acceptors (Lipinski definition) is 6. The number of rotatable bonds is 5. The Hall–Kier alpha value is -2.96. The van der Waals surface area contributed by atoms with Gasteiger partial charge < -0.3 is 24.5 Å². The molecule has 136 valence electrons. The quantitative estimate of drug-likeness (QED) is 0.729. The fourth-order valence-corrected chi connectivity index (χ4v) is 3.16. The van der Waals surface area contributed by atoms with Crippen molar-refractivity contribution in [2.75, 3.05) is 25.6 Å². The zero-order valence-corrected chi connectivity index (χ0v) is 15.1. The molecule has 1 aromatic carbocycles. The topological polar surface area (TPSA) is 81.3 Å². The van der Waals surface area contributed by atoms with E-state index in [0.29, 0.717) is 25.1 Å². The number of aromatic nitrogens is 3. The summed E-state index contributed by atoms with van der Waals surface area (Å²) in [5, 5.41) is 4.48. The Morgan fingerprint density at radius 2 is 1.92 bits per heavy atom. The molecule has 3 aromatic rings. The predicted octanol–water partition coefficient (Wildman–Crippen LogP) is 3.55. The zero-order valence-electron chi connectivity index (χ0n) is 15.1. The number of nitrogens with one attached hydrogen (secondary N) is 2. The molecule has 0 saturated carbocycles. The number of aromatic amines is 1. The van der Waals surface area contributed by atoms with Crippen LogP contribution in [0.1, 0.15) is 25.5 Å². The maximum absolute atomic E-state index is 5.74. The molecular formula is C19H22N4O3. The number of nitrogens with zero attached hydrogens (tertiary/aromatic N) is 2. The Kier molecular flexibility index (Phi) is 4.28. The van der Waals surface area contributed by atoms with Crippen molar-refractivity contribution in [1.29, 1.82) is 0 Å². The SMILES string of the molecule is COc1nc(N[C@@H](c2ccc3c(c2)OCCO3)C(C)C)c2cc[nH]c2n1. The average Bonchev–Trinajstić information content (AvgIpc) is 3.14. The lowest BCUT2D eigenvalue weighted by Gasteiger charge is -2.26. The third-order valence-electron chi connectivity index (χ3n) is 4.46. The van der Waals surface area contributed by atoms with E-state index in [1.807, 2.05) is 24.4 Å². The number of ether oxygens (including phenoxy) is 3. The van der Waals surface area contributed by atoms with Gasteiger partial charge in [-0.25, -0.2) is 0 Å². The molecule has 7 heteroatoms. The third kappa shape index (κ3) is 3.00. The van der Waals surface area contributed by atoms with Gasteiger partial charge in [-0.2, -0.15) is 9.97 Å². The second-order valence-corrected chi connectivity index (χ2v) is 6.57. The molecule has 3 heterocycles. The Balaban J connectivity index is 1.71. The zero-order chi connectivity index (χ0) is 18.1. The van der Waals surface area contributed by atoms with Crippen LogP contribution >= 0.6 is 0 Å². The fourth-order valence-electron chi connectivity index (χ4n) is 3.16. The molecule has 2 N–H and O–H groups in total. The summed E-state index contributed by atoms with van der Waals surface area (Å²) in [5.41, 5.74) is 1.86. The van der Waals surface area contributed by atoms with Gasteiger partial charge in [0.05, 0.1) is 18.5 Å². The van der Waals surface area contributed by atoms with Gasteiger partial charge in [-0.3, -0.25) is 0 Å². The van der Waals surface area contributed by atoms with Gasteiger partial charge in [0.15, 0.2) is 11.5 Å². The van der Waals surface area contributed by atoms with Crippen molar-refractivity contribution in [3.8, 4) is 17.5 Å². The number of fused-ring (bicyclic) bond motifs is 2. The second-order valence-electron chi connectivity index (χ2n) is 6.57. The highest BCUT2D eigenvalue weighted by Crippen LogP contribution is 2.36. The predicted molar refractivity (Wildman–Crippen MR) is 99.1 cm³/mol. The first-order valence-electron chi connectivity index (χ1n) is 8.71. The second kappa shape index (κ2) is 6.74. The summed E-state index contributed by atoms with van der Waals surface area (Å²) in [6.45, 7) is 5.50. The summed E-state index contributed by atoms with van der Waals surface area (Å²) in [5.74, 6) is 2.64. The van der Waals surface area contributed by atoms with Crippen LogP contribution in [-0.4, -0.2) is 35.3 Å². The van der Waals surface area contributed by atoms with E-state index in [0.717, 1.165) is 33.9 Å². The summed E-state index contributed by atoms with van der Waals surface area (Å²) >= 11 is 0. The molecule has 0 unspecified atom stereocenters.